The van der Waals surface area contributed by atoms with Crippen LogP contribution in [-0.4, -0.2) is 27.7 Å². The number of anilines is 5. The molecule has 0 spiro atoms. The number of hydrogen-bond acceptors (Lipinski definition) is 7. The minimum Gasteiger partial charge on any atom is -0.478 e. The highest BCUT2D eigenvalue weighted by molar-refractivity contribution is 7.53. The van der Waals surface area contributed by atoms with Crippen LogP contribution in [0.3, 0.4) is 0 Å². The summed E-state index contributed by atoms with van der Waals surface area (Å²) in [5.41, 5.74) is 5.16. The molecule has 0 saturated carbocycles. The third-order valence-corrected chi connectivity index (χ3v) is 6.90. The fourth-order valence-electron chi connectivity index (χ4n) is 3.89. The number of carboxylic acid groups (broad SMARTS) is 1. The van der Waals surface area contributed by atoms with E-state index in [2.05, 4.69) is 43.9 Å². The van der Waals surface area contributed by atoms with Crippen LogP contribution in [0.5, 0.6) is 5.75 Å². The highest BCUT2D eigenvalue weighted by Gasteiger charge is 2.14. The first-order valence-corrected chi connectivity index (χ1v) is 13.3. The quantitative estimate of drug-likeness (QED) is 0.212. The molecule has 0 radical (unpaired) electrons. The van der Waals surface area contributed by atoms with E-state index in [9.17, 15) is 9.90 Å². The predicted molar refractivity (Wildman–Crippen MR) is 144 cm³/mol. The van der Waals surface area contributed by atoms with Gasteiger partial charge in [0.2, 0.25) is 5.95 Å². The van der Waals surface area contributed by atoms with Crippen LogP contribution in [-0.2, 0) is 12.8 Å². The maximum atomic E-state index is 11.3. The van der Waals surface area contributed by atoms with Crippen LogP contribution in [0, 0.1) is 0 Å². The second-order valence-electron chi connectivity index (χ2n) is 8.25. The van der Waals surface area contributed by atoms with E-state index in [1.165, 1.54) is 11.6 Å². The molecule has 2 heterocycles. The van der Waals surface area contributed by atoms with Crippen LogP contribution in [0.4, 0.5) is 28.8 Å². The van der Waals surface area contributed by atoms with E-state index in [0.29, 0.717) is 22.5 Å². The van der Waals surface area contributed by atoms with Gasteiger partial charge in [-0.05, 0) is 72.5 Å². The van der Waals surface area contributed by atoms with Crippen molar-refractivity contribution < 1.29 is 14.4 Å². The number of aromatic nitrogens is 2. The Hall–Kier alpha value is -3.87. The summed E-state index contributed by atoms with van der Waals surface area (Å²) in [7, 11) is -1.12. The zero-order chi connectivity index (χ0) is 25.1. The fraction of sp³-hybridized carbons (Fsp3) is 0.115. The van der Waals surface area contributed by atoms with Crippen LogP contribution in [0.2, 0.25) is 5.02 Å². The highest BCUT2D eigenvalue weighted by Crippen LogP contribution is 2.38. The van der Waals surface area contributed by atoms with Crippen LogP contribution < -0.4 is 20.2 Å². The van der Waals surface area contributed by atoms with Crippen molar-refractivity contribution in [2.75, 3.05) is 22.4 Å². The van der Waals surface area contributed by atoms with E-state index in [1.54, 1.807) is 24.4 Å². The molecule has 1 unspecified atom stereocenters. The molecule has 0 saturated heterocycles. The first-order valence-electron chi connectivity index (χ1n) is 11.2. The summed E-state index contributed by atoms with van der Waals surface area (Å²) in [4.78, 5) is 20.1. The summed E-state index contributed by atoms with van der Waals surface area (Å²) in [6.07, 6.45) is 3.19. The molecule has 36 heavy (non-hydrogen) atoms. The third kappa shape index (κ3) is 5.67. The molecule has 0 amide bonds. The molecule has 0 fully saturated rings. The van der Waals surface area contributed by atoms with Crippen molar-refractivity contribution in [2.24, 2.45) is 0 Å². The Morgan fingerprint density at radius 2 is 1.89 bits per heavy atom. The molecule has 1 aliphatic heterocycles. The van der Waals surface area contributed by atoms with E-state index < -0.39 is 14.3 Å². The Morgan fingerprint density at radius 3 is 2.75 bits per heavy atom. The number of nitrogens with zero attached hydrogens (tertiary/aromatic N) is 2. The van der Waals surface area contributed by atoms with Crippen LogP contribution >= 0.6 is 19.9 Å². The van der Waals surface area contributed by atoms with Crippen molar-refractivity contribution in [3.63, 3.8) is 0 Å². The molecule has 8 nitrogen and oxygen atoms in total. The number of aromatic carboxylic acids is 1. The molecule has 1 aromatic heterocycles. The lowest BCUT2D eigenvalue weighted by atomic mass is 10.0. The molecule has 4 N–H and O–H groups in total. The van der Waals surface area contributed by atoms with Gasteiger partial charge in [-0.2, -0.15) is 4.98 Å². The maximum Gasteiger partial charge on any atom is 0.335 e. The number of carbonyl (C=O) groups is 1. The lowest BCUT2D eigenvalue weighted by Crippen LogP contribution is -2.04. The van der Waals surface area contributed by atoms with Gasteiger partial charge in [-0.15, -0.1) is 0 Å². The standard InChI is InChI=1S/C26H23ClN5O3P/c1-36(35-21-7-3-5-18(14-21)25(33)34)32-23-11-10-20-13-17(23)9-8-16-4-2-6-19(12-16)30-26-28-15-22(27)24(29-20)31-26/h2-7,10-15,32H,8-9H2,1H3,(H,33,34)(H2,28,29,30,31). The lowest BCUT2D eigenvalue weighted by Gasteiger charge is -2.20. The van der Waals surface area contributed by atoms with Crippen molar-refractivity contribution >= 4 is 54.7 Å². The summed E-state index contributed by atoms with van der Waals surface area (Å²) in [5.74, 6) is 0.485. The summed E-state index contributed by atoms with van der Waals surface area (Å²) in [6, 6.07) is 20.7. The fourth-order valence-corrected chi connectivity index (χ4v) is 5.06. The van der Waals surface area contributed by atoms with E-state index in [1.807, 2.05) is 30.9 Å². The molecular formula is C26H23ClN5O3P. The van der Waals surface area contributed by atoms with Gasteiger partial charge in [-0.1, -0.05) is 29.8 Å². The minimum atomic E-state index is -1.12. The molecule has 1 atom stereocenters. The Labute approximate surface area is 214 Å². The number of fused-ring (bicyclic) bond motifs is 6. The first kappa shape index (κ1) is 23.9. The average Bonchev–Trinajstić information content (AvgIpc) is 2.86. The molecule has 0 aliphatic carbocycles. The van der Waals surface area contributed by atoms with Gasteiger partial charge in [-0.3, -0.25) is 0 Å². The molecular weight excluding hydrogens is 497 g/mol. The van der Waals surface area contributed by atoms with Crippen molar-refractivity contribution in [1.82, 2.24) is 9.97 Å². The number of rotatable bonds is 5. The van der Waals surface area contributed by atoms with Gasteiger partial charge in [0.1, 0.15) is 10.8 Å². The zero-order valence-corrected chi connectivity index (χ0v) is 21.0. The molecule has 10 heteroatoms. The zero-order valence-electron chi connectivity index (χ0n) is 19.3. The normalized spacial score (nSPS) is 13.1. The molecule has 6 bridgehead atoms. The molecule has 3 aromatic carbocycles. The second kappa shape index (κ2) is 10.4. The summed E-state index contributed by atoms with van der Waals surface area (Å²) < 4.78 is 6.02. The molecule has 1 aliphatic rings. The average molecular weight is 520 g/mol. The van der Waals surface area contributed by atoms with Crippen LogP contribution in [0.25, 0.3) is 0 Å². The Bertz CT molecular complexity index is 1430. The third-order valence-electron chi connectivity index (χ3n) is 5.58. The number of hydrogen-bond donors (Lipinski definition) is 4. The largest absolute Gasteiger partial charge is 0.478 e. The van der Waals surface area contributed by atoms with Crippen molar-refractivity contribution in [1.29, 1.82) is 0 Å². The number of halogens is 1. The minimum absolute atomic E-state index is 0.188. The van der Waals surface area contributed by atoms with Gasteiger partial charge in [0, 0.05) is 23.7 Å². The SMILES string of the molecule is CP(Nc1ccc2cc1CCc1cccc(c1)Nc1ncc(Cl)c(n1)N2)Oc1cccc(C(=O)O)c1. The van der Waals surface area contributed by atoms with E-state index in [-0.39, 0.29) is 5.56 Å². The van der Waals surface area contributed by atoms with Crippen molar-refractivity contribution in [2.45, 2.75) is 12.8 Å². The van der Waals surface area contributed by atoms with E-state index >= 15 is 0 Å². The predicted octanol–water partition coefficient (Wildman–Crippen LogP) is 6.85. The van der Waals surface area contributed by atoms with Gasteiger partial charge in [0.05, 0.1) is 11.8 Å². The second-order valence-corrected chi connectivity index (χ2v) is 10.1. The van der Waals surface area contributed by atoms with Gasteiger partial charge in [0.15, 0.2) is 14.1 Å². The topological polar surface area (TPSA) is 108 Å². The summed E-state index contributed by atoms with van der Waals surface area (Å²) in [6.45, 7) is 1.94. The number of aryl methyl sites for hydroxylation is 2. The van der Waals surface area contributed by atoms with Crippen molar-refractivity contribution in [3.8, 4) is 5.75 Å². The van der Waals surface area contributed by atoms with Crippen molar-refractivity contribution in [3.05, 3.63) is 94.6 Å². The smallest absolute Gasteiger partial charge is 0.335 e. The summed E-state index contributed by atoms with van der Waals surface area (Å²) >= 11 is 6.36. The first-order chi connectivity index (χ1) is 17.4. The van der Waals surface area contributed by atoms with Gasteiger partial charge in [-0.25, -0.2) is 9.78 Å². The molecule has 182 valence electrons. The lowest BCUT2D eigenvalue weighted by molar-refractivity contribution is 0.0696. The Balaban J connectivity index is 1.43. The Kier molecular flexibility index (Phi) is 6.89. The Morgan fingerprint density at radius 1 is 1.06 bits per heavy atom. The van der Waals surface area contributed by atoms with E-state index in [4.69, 9.17) is 16.1 Å². The van der Waals surface area contributed by atoms with Gasteiger partial charge < -0.3 is 25.4 Å². The summed E-state index contributed by atoms with van der Waals surface area (Å²) in [5, 5.41) is 19.7. The van der Waals surface area contributed by atoms with Crippen LogP contribution in [0.1, 0.15) is 21.5 Å². The highest BCUT2D eigenvalue weighted by atomic mass is 35.5. The number of carboxylic acids is 1. The monoisotopic (exact) mass is 519 g/mol. The number of benzene rings is 3. The van der Waals surface area contributed by atoms with Gasteiger partial charge in [0.25, 0.3) is 0 Å². The number of nitrogens with one attached hydrogen (secondary N) is 3. The maximum absolute atomic E-state index is 11.3. The molecule has 4 aromatic rings. The van der Waals surface area contributed by atoms with E-state index in [0.717, 1.165) is 35.5 Å². The van der Waals surface area contributed by atoms with Crippen LogP contribution in [0.15, 0.2) is 72.9 Å². The molecule has 5 rings (SSSR count). The van der Waals surface area contributed by atoms with Gasteiger partial charge >= 0.3 is 5.97 Å².